The minimum absolute atomic E-state index is 0.142. The lowest BCUT2D eigenvalue weighted by Gasteiger charge is -1.98. The summed E-state index contributed by atoms with van der Waals surface area (Å²) in [6.45, 7) is 1.91. The molecule has 22 heavy (non-hydrogen) atoms. The van der Waals surface area contributed by atoms with E-state index in [0.717, 1.165) is 5.56 Å². The Labute approximate surface area is 130 Å². The highest BCUT2D eigenvalue weighted by atomic mass is 35.5. The molecule has 7 heteroatoms. The van der Waals surface area contributed by atoms with Gasteiger partial charge in [0.1, 0.15) is 5.65 Å². The summed E-state index contributed by atoms with van der Waals surface area (Å²) < 4.78 is 1.59. The molecule has 0 saturated carbocycles. The van der Waals surface area contributed by atoms with Gasteiger partial charge in [-0.2, -0.15) is 0 Å². The van der Waals surface area contributed by atoms with Gasteiger partial charge in [0.25, 0.3) is 0 Å². The second-order valence-electron chi connectivity index (χ2n) is 4.70. The van der Waals surface area contributed by atoms with Crippen molar-refractivity contribution in [1.82, 2.24) is 9.38 Å². The van der Waals surface area contributed by atoms with E-state index in [9.17, 15) is 9.90 Å². The Hall–Kier alpha value is -2.73. The molecule has 0 aliphatic rings. The van der Waals surface area contributed by atoms with E-state index in [-0.39, 0.29) is 11.5 Å². The summed E-state index contributed by atoms with van der Waals surface area (Å²) in [6.07, 6.45) is 1.72. The number of halogens is 1. The molecule has 110 valence electrons. The van der Waals surface area contributed by atoms with Crippen molar-refractivity contribution < 1.29 is 9.90 Å². The summed E-state index contributed by atoms with van der Waals surface area (Å²) in [4.78, 5) is 15.4. The van der Waals surface area contributed by atoms with Crippen LogP contribution in [-0.2, 0) is 0 Å². The Morgan fingerprint density at radius 2 is 2.09 bits per heavy atom. The average molecular weight is 315 g/mol. The van der Waals surface area contributed by atoms with Crippen molar-refractivity contribution in [2.75, 3.05) is 0 Å². The number of pyridine rings is 1. The number of fused-ring (bicyclic) bond motifs is 1. The second-order valence-corrected chi connectivity index (χ2v) is 5.14. The Balaban J connectivity index is 2.12. The van der Waals surface area contributed by atoms with Gasteiger partial charge in [-0.15, -0.1) is 10.2 Å². The summed E-state index contributed by atoms with van der Waals surface area (Å²) in [5.74, 6) is -0.983. The number of aryl methyl sites for hydroxylation is 1. The van der Waals surface area contributed by atoms with E-state index >= 15 is 0 Å². The van der Waals surface area contributed by atoms with Crippen molar-refractivity contribution in [3.8, 4) is 0 Å². The predicted molar refractivity (Wildman–Crippen MR) is 82.5 cm³/mol. The number of carboxylic acids is 1. The molecule has 0 saturated heterocycles. The molecular weight excluding hydrogens is 304 g/mol. The van der Waals surface area contributed by atoms with E-state index in [4.69, 9.17) is 11.6 Å². The summed E-state index contributed by atoms with van der Waals surface area (Å²) in [5, 5.41) is 17.9. The predicted octanol–water partition coefficient (Wildman–Crippen LogP) is 4.41. The lowest BCUT2D eigenvalue weighted by molar-refractivity contribution is 0.0692. The second kappa shape index (κ2) is 5.57. The van der Waals surface area contributed by atoms with E-state index in [1.807, 2.05) is 13.0 Å². The molecule has 0 spiro atoms. The number of azo groups is 1. The number of aromatic carboxylic acids is 1. The van der Waals surface area contributed by atoms with E-state index in [1.165, 1.54) is 0 Å². The first-order valence-corrected chi connectivity index (χ1v) is 6.82. The van der Waals surface area contributed by atoms with E-state index in [0.29, 0.717) is 16.4 Å². The summed E-state index contributed by atoms with van der Waals surface area (Å²) in [7, 11) is 0. The maximum atomic E-state index is 11.3. The van der Waals surface area contributed by atoms with Gasteiger partial charge in [-0.3, -0.25) is 4.40 Å². The third-order valence-corrected chi connectivity index (χ3v) is 3.26. The Morgan fingerprint density at radius 1 is 1.27 bits per heavy atom. The molecule has 2 aromatic heterocycles. The maximum Gasteiger partial charge on any atom is 0.358 e. The molecule has 0 bridgehead atoms. The highest BCUT2D eigenvalue weighted by Gasteiger charge is 2.18. The van der Waals surface area contributed by atoms with Crippen LogP contribution < -0.4 is 0 Å². The van der Waals surface area contributed by atoms with Crippen molar-refractivity contribution in [3.05, 3.63) is 58.9 Å². The first kappa shape index (κ1) is 14.2. The summed E-state index contributed by atoms with van der Waals surface area (Å²) >= 11 is 5.89. The van der Waals surface area contributed by atoms with Gasteiger partial charge in [0.05, 0.1) is 5.69 Å². The molecular formula is C15H11ClN4O2. The summed E-state index contributed by atoms with van der Waals surface area (Å²) in [6, 6.07) is 10.5. The fourth-order valence-corrected chi connectivity index (χ4v) is 2.20. The first-order chi connectivity index (χ1) is 10.5. The van der Waals surface area contributed by atoms with E-state index in [1.54, 1.807) is 40.9 Å². The third kappa shape index (κ3) is 2.68. The van der Waals surface area contributed by atoms with E-state index < -0.39 is 5.97 Å². The highest BCUT2D eigenvalue weighted by Crippen LogP contribution is 2.25. The van der Waals surface area contributed by atoms with Crippen LogP contribution >= 0.6 is 11.6 Å². The molecule has 0 fully saturated rings. The van der Waals surface area contributed by atoms with Gasteiger partial charge < -0.3 is 5.11 Å². The number of benzene rings is 1. The Morgan fingerprint density at radius 3 is 2.82 bits per heavy atom. The molecule has 2 heterocycles. The SMILES string of the molecule is Cc1ccn2c(N=Nc3cccc(Cl)c3)c(C(=O)O)nc2c1. The molecule has 3 rings (SSSR count). The van der Waals surface area contributed by atoms with Crippen LogP contribution in [0.3, 0.4) is 0 Å². The topological polar surface area (TPSA) is 79.3 Å². The van der Waals surface area contributed by atoms with Gasteiger partial charge in [-0.1, -0.05) is 17.7 Å². The number of imidazole rings is 1. The minimum atomic E-state index is -1.15. The number of rotatable bonds is 3. The fraction of sp³-hybridized carbons (Fsp3) is 0.0667. The number of nitrogens with zero attached hydrogens (tertiary/aromatic N) is 4. The minimum Gasteiger partial charge on any atom is -0.476 e. The van der Waals surface area contributed by atoms with Gasteiger partial charge in [0.15, 0.2) is 11.5 Å². The van der Waals surface area contributed by atoms with Crippen LogP contribution in [0.4, 0.5) is 11.5 Å². The normalized spacial score (nSPS) is 11.4. The zero-order valence-electron chi connectivity index (χ0n) is 11.6. The van der Waals surface area contributed by atoms with Crippen LogP contribution in [0.5, 0.6) is 0 Å². The third-order valence-electron chi connectivity index (χ3n) is 3.03. The molecule has 1 N–H and O–H groups in total. The molecule has 6 nitrogen and oxygen atoms in total. The van der Waals surface area contributed by atoms with Crippen LogP contribution in [0.25, 0.3) is 5.65 Å². The van der Waals surface area contributed by atoms with E-state index in [2.05, 4.69) is 15.2 Å². The quantitative estimate of drug-likeness (QED) is 0.727. The lowest BCUT2D eigenvalue weighted by Crippen LogP contribution is -1.96. The largest absolute Gasteiger partial charge is 0.476 e. The molecule has 1 aromatic carbocycles. The van der Waals surface area contributed by atoms with Gasteiger partial charge in [0.2, 0.25) is 0 Å². The molecule has 3 aromatic rings. The van der Waals surface area contributed by atoms with Gasteiger partial charge in [-0.05, 0) is 42.8 Å². The van der Waals surface area contributed by atoms with Gasteiger partial charge in [-0.25, -0.2) is 9.78 Å². The van der Waals surface area contributed by atoms with Gasteiger partial charge in [0, 0.05) is 11.2 Å². The van der Waals surface area contributed by atoms with Crippen molar-refractivity contribution >= 4 is 34.7 Å². The van der Waals surface area contributed by atoms with Crippen LogP contribution in [0, 0.1) is 6.92 Å². The van der Waals surface area contributed by atoms with Crippen LogP contribution in [0.15, 0.2) is 52.8 Å². The monoisotopic (exact) mass is 314 g/mol. The summed E-state index contributed by atoms with van der Waals surface area (Å²) in [5.41, 5.74) is 1.88. The van der Waals surface area contributed by atoms with Crippen molar-refractivity contribution in [1.29, 1.82) is 0 Å². The Kier molecular flexibility index (Phi) is 3.60. The zero-order valence-corrected chi connectivity index (χ0v) is 12.3. The molecule has 0 aliphatic heterocycles. The molecule has 0 radical (unpaired) electrons. The van der Waals surface area contributed by atoms with Crippen LogP contribution in [0.1, 0.15) is 16.1 Å². The lowest BCUT2D eigenvalue weighted by atomic mass is 10.3. The highest BCUT2D eigenvalue weighted by molar-refractivity contribution is 6.30. The van der Waals surface area contributed by atoms with Crippen molar-refractivity contribution in [2.24, 2.45) is 10.2 Å². The number of carboxylic acid groups (broad SMARTS) is 1. The fourth-order valence-electron chi connectivity index (χ4n) is 2.02. The van der Waals surface area contributed by atoms with Crippen LogP contribution in [-0.4, -0.2) is 20.5 Å². The number of aromatic nitrogens is 2. The molecule has 0 amide bonds. The van der Waals surface area contributed by atoms with Crippen LogP contribution in [0.2, 0.25) is 5.02 Å². The number of carbonyl (C=O) groups is 1. The molecule has 0 aliphatic carbocycles. The first-order valence-electron chi connectivity index (χ1n) is 6.44. The number of hydrogen-bond donors (Lipinski definition) is 1. The zero-order chi connectivity index (χ0) is 15.7. The smallest absolute Gasteiger partial charge is 0.358 e. The van der Waals surface area contributed by atoms with Gasteiger partial charge >= 0.3 is 5.97 Å². The molecule has 0 unspecified atom stereocenters. The Bertz CT molecular complexity index is 902. The standard InChI is InChI=1S/C15H11ClN4O2/c1-9-5-6-20-12(7-9)17-13(15(21)22)14(20)19-18-11-4-2-3-10(16)8-11/h2-8H,1H3,(H,21,22). The average Bonchev–Trinajstić information content (AvgIpc) is 2.83. The maximum absolute atomic E-state index is 11.3. The molecule has 0 atom stereocenters. The van der Waals surface area contributed by atoms with Crippen molar-refractivity contribution in [2.45, 2.75) is 6.92 Å². The number of hydrogen-bond acceptors (Lipinski definition) is 4. The van der Waals surface area contributed by atoms with Crippen molar-refractivity contribution in [3.63, 3.8) is 0 Å².